The van der Waals surface area contributed by atoms with Crippen molar-refractivity contribution in [2.75, 3.05) is 6.54 Å². The molecule has 0 aliphatic heterocycles. The van der Waals surface area contributed by atoms with Crippen molar-refractivity contribution in [3.8, 4) is 11.1 Å². The number of aromatic nitrogens is 4. The van der Waals surface area contributed by atoms with Crippen molar-refractivity contribution in [1.29, 1.82) is 0 Å². The number of rotatable bonds is 5. The molecule has 0 atom stereocenters. The van der Waals surface area contributed by atoms with Crippen LogP contribution in [0.15, 0.2) is 37.2 Å². The Balaban J connectivity index is 1.96. The smallest absolute Gasteiger partial charge is 0.115 e. The Hall–Kier alpha value is -2.56. The number of aromatic amines is 2. The standard InChI is InChI=1S/C16H19N5/c1-10(2)7-17-11(3)16-14-6-12(13-8-18-19-9-13)4-5-15(14)20-21-16/h4-6,8-10,17H,3,7H2,1-2H3,(H,18,19)(H,20,21). The summed E-state index contributed by atoms with van der Waals surface area (Å²) in [6, 6.07) is 6.20. The van der Waals surface area contributed by atoms with E-state index in [9.17, 15) is 0 Å². The van der Waals surface area contributed by atoms with Crippen LogP contribution < -0.4 is 5.32 Å². The van der Waals surface area contributed by atoms with Gasteiger partial charge in [-0.15, -0.1) is 0 Å². The maximum absolute atomic E-state index is 4.39. The zero-order chi connectivity index (χ0) is 14.8. The number of hydrogen-bond acceptors (Lipinski definition) is 3. The number of hydrogen-bond donors (Lipinski definition) is 3. The number of benzene rings is 1. The van der Waals surface area contributed by atoms with Crippen LogP contribution in [-0.4, -0.2) is 26.9 Å². The Bertz CT molecular complexity index is 752. The van der Waals surface area contributed by atoms with Gasteiger partial charge in [0.05, 0.1) is 17.4 Å². The molecule has 0 fully saturated rings. The van der Waals surface area contributed by atoms with Gasteiger partial charge in [-0.25, -0.2) is 0 Å². The second-order valence-corrected chi connectivity index (χ2v) is 5.57. The zero-order valence-corrected chi connectivity index (χ0v) is 12.3. The Labute approximate surface area is 123 Å². The van der Waals surface area contributed by atoms with Crippen LogP contribution >= 0.6 is 0 Å². The van der Waals surface area contributed by atoms with Crippen LogP contribution in [0.5, 0.6) is 0 Å². The predicted molar refractivity (Wildman–Crippen MR) is 85.6 cm³/mol. The highest BCUT2D eigenvalue weighted by atomic mass is 15.1. The minimum absolute atomic E-state index is 0.563. The third kappa shape index (κ3) is 2.67. The van der Waals surface area contributed by atoms with Crippen molar-refractivity contribution in [2.24, 2.45) is 5.92 Å². The molecule has 5 heteroatoms. The van der Waals surface area contributed by atoms with Gasteiger partial charge in [-0.05, 0) is 23.6 Å². The maximum Gasteiger partial charge on any atom is 0.115 e. The molecule has 0 radical (unpaired) electrons. The minimum Gasteiger partial charge on any atom is -0.383 e. The number of fused-ring (bicyclic) bond motifs is 1. The summed E-state index contributed by atoms with van der Waals surface area (Å²) >= 11 is 0. The van der Waals surface area contributed by atoms with Crippen LogP contribution in [0.3, 0.4) is 0 Å². The minimum atomic E-state index is 0.563. The molecule has 3 aromatic rings. The van der Waals surface area contributed by atoms with Crippen molar-refractivity contribution in [3.05, 3.63) is 42.9 Å². The highest BCUT2D eigenvalue weighted by molar-refractivity contribution is 5.92. The highest BCUT2D eigenvalue weighted by Gasteiger charge is 2.11. The quantitative estimate of drug-likeness (QED) is 0.673. The first-order valence-corrected chi connectivity index (χ1v) is 7.05. The van der Waals surface area contributed by atoms with Gasteiger partial charge in [-0.1, -0.05) is 26.5 Å². The van der Waals surface area contributed by atoms with E-state index in [1.807, 2.05) is 18.5 Å². The predicted octanol–water partition coefficient (Wildman–Crippen LogP) is 3.17. The average Bonchev–Trinajstić information content (AvgIpc) is 3.13. The van der Waals surface area contributed by atoms with Crippen LogP contribution in [0.25, 0.3) is 27.7 Å². The van der Waals surface area contributed by atoms with Crippen molar-refractivity contribution >= 4 is 16.6 Å². The monoisotopic (exact) mass is 281 g/mol. The molecule has 0 saturated carbocycles. The molecular formula is C16H19N5. The second kappa shape index (κ2) is 5.44. The normalized spacial score (nSPS) is 11.2. The summed E-state index contributed by atoms with van der Waals surface area (Å²) in [6.45, 7) is 9.32. The van der Waals surface area contributed by atoms with Gasteiger partial charge in [0.1, 0.15) is 5.69 Å². The van der Waals surface area contributed by atoms with E-state index >= 15 is 0 Å². The maximum atomic E-state index is 4.39. The molecule has 2 heterocycles. The first kappa shape index (κ1) is 13.4. The summed E-state index contributed by atoms with van der Waals surface area (Å²) < 4.78 is 0. The summed E-state index contributed by atoms with van der Waals surface area (Å²) in [7, 11) is 0. The number of nitrogens with one attached hydrogen (secondary N) is 3. The molecule has 0 spiro atoms. The van der Waals surface area contributed by atoms with Crippen LogP contribution in [0, 0.1) is 5.92 Å². The Morgan fingerprint density at radius 1 is 1.33 bits per heavy atom. The fourth-order valence-corrected chi connectivity index (χ4v) is 2.24. The topological polar surface area (TPSA) is 69.4 Å². The lowest BCUT2D eigenvalue weighted by atomic mass is 10.1. The molecule has 1 aromatic carbocycles. The van der Waals surface area contributed by atoms with Crippen molar-refractivity contribution in [2.45, 2.75) is 13.8 Å². The van der Waals surface area contributed by atoms with Crippen LogP contribution in [0.4, 0.5) is 0 Å². The Morgan fingerprint density at radius 2 is 2.19 bits per heavy atom. The van der Waals surface area contributed by atoms with Gasteiger partial charge >= 0.3 is 0 Å². The van der Waals surface area contributed by atoms with Crippen LogP contribution in [0.1, 0.15) is 19.5 Å². The molecule has 108 valence electrons. The molecule has 2 aromatic heterocycles. The first-order valence-electron chi connectivity index (χ1n) is 7.05. The Kier molecular flexibility index (Phi) is 3.48. The molecular weight excluding hydrogens is 262 g/mol. The molecule has 0 bridgehead atoms. The molecule has 0 amide bonds. The van der Waals surface area contributed by atoms with Crippen LogP contribution in [-0.2, 0) is 0 Å². The van der Waals surface area contributed by atoms with E-state index in [1.54, 1.807) is 0 Å². The third-order valence-electron chi connectivity index (χ3n) is 3.40. The molecule has 0 saturated heterocycles. The van der Waals surface area contributed by atoms with Gasteiger partial charge in [0.15, 0.2) is 0 Å². The fraction of sp³-hybridized carbons (Fsp3) is 0.250. The third-order valence-corrected chi connectivity index (χ3v) is 3.40. The molecule has 3 N–H and O–H groups in total. The molecule has 0 aliphatic rings. The lowest BCUT2D eigenvalue weighted by molar-refractivity contribution is 0.617. The fourth-order valence-electron chi connectivity index (χ4n) is 2.24. The van der Waals surface area contributed by atoms with E-state index in [0.29, 0.717) is 5.92 Å². The van der Waals surface area contributed by atoms with E-state index in [0.717, 1.165) is 40.0 Å². The number of H-pyrrole nitrogens is 2. The van der Waals surface area contributed by atoms with E-state index in [4.69, 9.17) is 0 Å². The van der Waals surface area contributed by atoms with Gasteiger partial charge in [0, 0.05) is 23.7 Å². The first-order chi connectivity index (χ1) is 10.1. The van der Waals surface area contributed by atoms with Gasteiger partial charge in [0.25, 0.3) is 0 Å². The molecule has 3 rings (SSSR count). The second-order valence-electron chi connectivity index (χ2n) is 5.57. The highest BCUT2D eigenvalue weighted by Crippen LogP contribution is 2.26. The van der Waals surface area contributed by atoms with Gasteiger partial charge in [-0.2, -0.15) is 10.2 Å². The zero-order valence-electron chi connectivity index (χ0n) is 12.3. The van der Waals surface area contributed by atoms with E-state index in [-0.39, 0.29) is 0 Å². The molecule has 0 unspecified atom stereocenters. The summed E-state index contributed by atoms with van der Waals surface area (Å²) in [4.78, 5) is 0. The van der Waals surface area contributed by atoms with Gasteiger partial charge < -0.3 is 5.32 Å². The largest absolute Gasteiger partial charge is 0.383 e. The molecule has 0 aliphatic carbocycles. The van der Waals surface area contributed by atoms with Crippen molar-refractivity contribution in [3.63, 3.8) is 0 Å². The van der Waals surface area contributed by atoms with E-state index < -0.39 is 0 Å². The summed E-state index contributed by atoms with van der Waals surface area (Å²) in [5.41, 5.74) is 4.89. The van der Waals surface area contributed by atoms with Crippen molar-refractivity contribution in [1.82, 2.24) is 25.7 Å². The summed E-state index contributed by atoms with van der Waals surface area (Å²) in [6.07, 6.45) is 3.69. The van der Waals surface area contributed by atoms with Crippen molar-refractivity contribution < 1.29 is 0 Å². The molecule has 5 nitrogen and oxygen atoms in total. The van der Waals surface area contributed by atoms with E-state index in [1.165, 1.54) is 0 Å². The summed E-state index contributed by atoms with van der Waals surface area (Å²) in [5.74, 6) is 0.563. The Morgan fingerprint density at radius 3 is 2.90 bits per heavy atom. The summed E-state index contributed by atoms with van der Waals surface area (Å²) in [5, 5.41) is 18.7. The lowest BCUT2D eigenvalue weighted by Gasteiger charge is -2.10. The van der Waals surface area contributed by atoms with Crippen LogP contribution in [0.2, 0.25) is 0 Å². The average molecular weight is 281 g/mol. The molecule has 21 heavy (non-hydrogen) atoms. The number of nitrogens with zero attached hydrogens (tertiary/aromatic N) is 2. The SMILES string of the molecule is C=C(NCC(C)C)c1n[nH]c2ccc(-c3cn[nH]c3)cc12. The van der Waals surface area contributed by atoms with E-state index in [2.05, 4.69) is 58.3 Å². The van der Waals surface area contributed by atoms with Gasteiger partial charge in [0.2, 0.25) is 0 Å². The van der Waals surface area contributed by atoms with Gasteiger partial charge in [-0.3, -0.25) is 10.2 Å². The lowest BCUT2D eigenvalue weighted by Crippen LogP contribution is -2.17.